The van der Waals surface area contributed by atoms with Crippen LogP contribution in [0.3, 0.4) is 0 Å². The van der Waals surface area contributed by atoms with Gasteiger partial charge in [0.15, 0.2) is 0 Å². The molecule has 1 aromatic carbocycles. The van der Waals surface area contributed by atoms with Crippen molar-refractivity contribution >= 4 is 18.3 Å². The lowest BCUT2D eigenvalue weighted by Gasteiger charge is -2.16. The summed E-state index contributed by atoms with van der Waals surface area (Å²) in [5.74, 6) is 0.641. The Bertz CT molecular complexity index is 366. The highest BCUT2D eigenvalue weighted by atomic mass is 35.5. The van der Waals surface area contributed by atoms with Crippen LogP contribution in [0.1, 0.15) is 19.4 Å². The van der Waals surface area contributed by atoms with Gasteiger partial charge < -0.3 is 15.8 Å². The van der Waals surface area contributed by atoms with E-state index in [1.165, 1.54) is 5.56 Å². The van der Waals surface area contributed by atoms with Crippen LogP contribution >= 0.6 is 12.4 Å². The van der Waals surface area contributed by atoms with Crippen LogP contribution in [0.5, 0.6) is 5.75 Å². The Morgan fingerprint density at radius 2 is 1.89 bits per heavy atom. The Morgan fingerprint density at radius 3 is 2.39 bits per heavy atom. The first kappa shape index (κ1) is 16.7. The molecule has 3 N–H and O–H groups in total. The van der Waals surface area contributed by atoms with Crippen molar-refractivity contribution < 1.29 is 9.53 Å². The van der Waals surface area contributed by atoms with Gasteiger partial charge in [-0.2, -0.15) is 0 Å². The fourth-order valence-electron chi connectivity index (χ4n) is 1.30. The van der Waals surface area contributed by atoms with Crippen molar-refractivity contribution in [1.29, 1.82) is 0 Å². The van der Waals surface area contributed by atoms with E-state index in [0.717, 1.165) is 5.75 Å². The van der Waals surface area contributed by atoms with Gasteiger partial charge in [-0.15, -0.1) is 12.4 Å². The van der Waals surface area contributed by atoms with Gasteiger partial charge in [0, 0.05) is 0 Å². The zero-order valence-electron chi connectivity index (χ0n) is 11.0. The Labute approximate surface area is 114 Å². The first-order valence-electron chi connectivity index (χ1n) is 5.75. The van der Waals surface area contributed by atoms with Crippen molar-refractivity contribution in [3.8, 4) is 5.75 Å². The van der Waals surface area contributed by atoms with E-state index in [9.17, 15) is 4.79 Å². The molecule has 0 fully saturated rings. The smallest absolute Gasteiger partial charge is 0.236 e. The second-order valence-electron chi connectivity index (χ2n) is 4.28. The summed E-state index contributed by atoms with van der Waals surface area (Å²) in [4.78, 5) is 11.3. The van der Waals surface area contributed by atoms with Crippen molar-refractivity contribution in [3.63, 3.8) is 0 Å². The van der Waals surface area contributed by atoms with Crippen LogP contribution < -0.4 is 15.8 Å². The van der Waals surface area contributed by atoms with Crippen LogP contribution in [0, 0.1) is 6.92 Å². The fourth-order valence-corrected chi connectivity index (χ4v) is 1.30. The summed E-state index contributed by atoms with van der Waals surface area (Å²) in [7, 11) is 0. The first-order chi connectivity index (χ1) is 7.99. The second kappa shape index (κ2) is 7.95. The van der Waals surface area contributed by atoms with E-state index in [-0.39, 0.29) is 24.4 Å². The van der Waals surface area contributed by atoms with Gasteiger partial charge in [-0.3, -0.25) is 4.79 Å². The predicted molar refractivity (Wildman–Crippen MR) is 75.2 cm³/mol. The molecule has 0 bridgehead atoms. The predicted octanol–water partition coefficient (Wildman–Crippen LogP) is 1.65. The quantitative estimate of drug-likeness (QED) is 0.857. The third-order valence-corrected chi connectivity index (χ3v) is 2.34. The van der Waals surface area contributed by atoms with Crippen molar-refractivity contribution in [3.05, 3.63) is 29.8 Å². The number of hydrogen-bond acceptors (Lipinski definition) is 3. The monoisotopic (exact) mass is 272 g/mol. The number of rotatable bonds is 5. The van der Waals surface area contributed by atoms with E-state index in [0.29, 0.717) is 6.54 Å². The average molecular weight is 273 g/mol. The number of amides is 1. The maximum Gasteiger partial charge on any atom is 0.236 e. The highest BCUT2D eigenvalue weighted by molar-refractivity contribution is 5.85. The Morgan fingerprint density at radius 1 is 1.33 bits per heavy atom. The number of halogens is 1. The van der Waals surface area contributed by atoms with Gasteiger partial charge in [-0.1, -0.05) is 17.7 Å². The second-order valence-corrected chi connectivity index (χ2v) is 4.28. The molecule has 0 aliphatic rings. The summed E-state index contributed by atoms with van der Waals surface area (Å²) < 4.78 is 5.64. The molecule has 18 heavy (non-hydrogen) atoms. The maximum atomic E-state index is 11.3. The minimum atomic E-state index is -0.485. The van der Waals surface area contributed by atoms with Gasteiger partial charge in [-0.25, -0.2) is 0 Å². The zero-order valence-corrected chi connectivity index (χ0v) is 11.8. The lowest BCUT2D eigenvalue weighted by molar-refractivity contribution is -0.122. The molecule has 102 valence electrons. The molecule has 0 spiro atoms. The molecule has 4 nitrogen and oxygen atoms in total. The average Bonchev–Trinajstić information content (AvgIpc) is 2.29. The van der Waals surface area contributed by atoms with Crippen molar-refractivity contribution in [2.24, 2.45) is 5.73 Å². The van der Waals surface area contributed by atoms with Gasteiger partial charge in [0.1, 0.15) is 11.9 Å². The van der Waals surface area contributed by atoms with E-state index >= 15 is 0 Å². The molecule has 1 aromatic rings. The molecule has 1 rings (SSSR count). The number of hydrogen-bond donors (Lipinski definition) is 2. The number of nitrogens with two attached hydrogens (primary N) is 1. The Balaban J connectivity index is 0.00000289. The summed E-state index contributed by atoms with van der Waals surface area (Å²) in [6.07, 6.45) is -0.0830. The molecule has 5 heteroatoms. The van der Waals surface area contributed by atoms with Gasteiger partial charge in [0.25, 0.3) is 0 Å². The van der Waals surface area contributed by atoms with E-state index < -0.39 is 6.04 Å². The van der Waals surface area contributed by atoms with Crippen LogP contribution in [0.2, 0.25) is 0 Å². The highest BCUT2D eigenvalue weighted by Crippen LogP contribution is 2.12. The lowest BCUT2D eigenvalue weighted by atomic mass is 10.2. The van der Waals surface area contributed by atoms with Crippen LogP contribution in [0.25, 0.3) is 0 Å². The molecular formula is C13H21ClN2O2. The Kier molecular flexibility index (Phi) is 7.39. The van der Waals surface area contributed by atoms with Crippen molar-refractivity contribution in [2.75, 3.05) is 6.54 Å². The summed E-state index contributed by atoms with van der Waals surface area (Å²) in [5, 5.41) is 2.72. The van der Waals surface area contributed by atoms with Crippen LogP contribution in [-0.2, 0) is 4.79 Å². The number of aryl methyl sites for hydroxylation is 1. The normalized spacial score (nSPS) is 13.1. The Hall–Kier alpha value is -1.26. The molecule has 0 aliphatic heterocycles. The largest absolute Gasteiger partial charge is 0.489 e. The standard InChI is InChI=1S/C13H20N2O2.ClH/c1-9-4-6-12(7-5-9)17-10(2)8-15-13(16)11(3)14;/h4-7,10-11H,8,14H2,1-3H3,(H,15,16);1H/t10?,11-;/m1./s1. The fraction of sp³-hybridized carbons (Fsp3) is 0.462. The summed E-state index contributed by atoms with van der Waals surface area (Å²) in [5.41, 5.74) is 6.63. The SMILES string of the molecule is Cc1ccc(OC(C)CNC(=O)[C@@H](C)N)cc1.Cl. The van der Waals surface area contributed by atoms with Crippen LogP contribution in [0.4, 0.5) is 0 Å². The molecule has 0 radical (unpaired) electrons. The molecule has 1 unspecified atom stereocenters. The molecule has 2 atom stereocenters. The number of carbonyl (C=O) groups excluding carboxylic acids is 1. The summed E-state index contributed by atoms with van der Waals surface area (Å²) in [6, 6.07) is 7.32. The number of benzene rings is 1. The molecule has 0 aromatic heterocycles. The third-order valence-electron chi connectivity index (χ3n) is 2.34. The lowest BCUT2D eigenvalue weighted by Crippen LogP contribution is -2.42. The minimum absolute atomic E-state index is 0. The van der Waals surface area contributed by atoms with Crippen molar-refractivity contribution in [1.82, 2.24) is 5.32 Å². The summed E-state index contributed by atoms with van der Waals surface area (Å²) >= 11 is 0. The zero-order chi connectivity index (χ0) is 12.8. The van der Waals surface area contributed by atoms with E-state index in [2.05, 4.69) is 5.32 Å². The topological polar surface area (TPSA) is 64.3 Å². The number of ether oxygens (including phenoxy) is 1. The van der Waals surface area contributed by atoms with E-state index in [1.54, 1.807) is 6.92 Å². The van der Waals surface area contributed by atoms with Gasteiger partial charge in [0.2, 0.25) is 5.91 Å². The first-order valence-corrected chi connectivity index (χ1v) is 5.75. The molecule has 0 saturated heterocycles. The number of carbonyl (C=O) groups is 1. The molecule has 0 saturated carbocycles. The van der Waals surface area contributed by atoms with E-state index in [1.807, 2.05) is 38.1 Å². The van der Waals surface area contributed by atoms with Gasteiger partial charge in [-0.05, 0) is 32.9 Å². The summed E-state index contributed by atoms with van der Waals surface area (Å²) in [6.45, 7) is 6.03. The highest BCUT2D eigenvalue weighted by Gasteiger charge is 2.09. The molecule has 0 heterocycles. The van der Waals surface area contributed by atoms with Gasteiger partial charge >= 0.3 is 0 Å². The van der Waals surface area contributed by atoms with Gasteiger partial charge in [0.05, 0.1) is 12.6 Å². The van der Waals surface area contributed by atoms with Crippen LogP contribution in [0.15, 0.2) is 24.3 Å². The maximum absolute atomic E-state index is 11.3. The van der Waals surface area contributed by atoms with E-state index in [4.69, 9.17) is 10.5 Å². The van der Waals surface area contributed by atoms with Crippen LogP contribution in [-0.4, -0.2) is 24.6 Å². The minimum Gasteiger partial charge on any atom is -0.489 e. The molecular weight excluding hydrogens is 252 g/mol. The van der Waals surface area contributed by atoms with Crippen molar-refractivity contribution in [2.45, 2.75) is 32.9 Å². The third kappa shape index (κ3) is 5.89. The molecule has 1 amide bonds. The number of nitrogens with one attached hydrogen (secondary N) is 1. The molecule has 0 aliphatic carbocycles.